The fraction of sp³-hybridized carbons (Fsp3) is 0.333. The summed E-state index contributed by atoms with van der Waals surface area (Å²) in [6.45, 7) is 0.375. The topological polar surface area (TPSA) is 113 Å². The van der Waals surface area contributed by atoms with Gasteiger partial charge in [-0.25, -0.2) is 4.79 Å². The first-order valence-corrected chi connectivity index (χ1v) is 6.61. The third-order valence-corrected chi connectivity index (χ3v) is 3.33. The van der Waals surface area contributed by atoms with Crippen molar-refractivity contribution in [1.29, 1.82) is 0 Å². The van der Waals surface area contributed by atoms with E-state index in [1.807, 2.05) is 0 Å². The number of non-ortho nitro benzene ring substituents is 1. The SMILES string of the molecule is O=C1CC[C@H](NC(=O)Nc2ccc([N+](=O)[O-])cc2Cl)CN1. The van der Waals surface area contributed by atoms with Gasteiger partial charge in [0, 0.05) is 31.1 Å². The summed E-state index contributed by atoms with van der Waals surface area (Å²) in [7, 11) is 0. The summed E-state index contributed by atoms with van der Waals surface area (Å²) < 4.78 is 0. The first-order valence-electron chi connectivity index (χ1n) is 6.24. The molecule has 0 unspecified atom stereocenters. The molecule has 1 aliphatic rings. The maximum absolute atomic E-state index is 11.8. The van der Waals surface area contributed by atoms with Gasteiger partial charge in [0.2, 0.25) is 5.91 Å². The molecule has 0 saturated carbocycles. The largest absolute Gasteiger partial charge is 0.354 e. The fourth-order valence-electron chi connectivity index (χ4n) is 1.92. The highest BCUT2D eigenvalue weighted by atomic mass is 35.5. The van der Waals surface area contributed by atoms with Crippen LogP contribution >= 0.6 is 11.6 Å². The van der Waals surface area contributed by atoms with Crippen molar-refractivity contribution in [2.45, 2.75) is 18.9 Å². The van der Waals surface area contributed by atoms with Crippen LogP contribution in [-0.2, 0) is 4.79 Å². The number of benzene rings is 1. The molecule has 1 aliphatic heterocycles. The Morgan fingerprint density at radius 1 is 1.48 bits per heavy atom. The number of urea groups is 1. The first-order chi connectivity index (χ1) is 9.95. The molecule has 0 aromatic heterocycles. The quantitative estimate of drug-likeness (QED) is 0.581. The number of halogens is 1. The second kappa shape index (κ2) is 6.40. The van der Waals surface area contributed by atoms with E-state index in [1.165, 1.54) is 12.1 Å². The third-order valence-electron chi connectivity index (χ3n) is 3.01. The van der Waals surface area contributed by atoms with Crippen molar-refractivity contribution in [3.63, 3.8) is 0 Å². The lowest BCUT2D eigenvalue weighted by molar-refractivity contribution is -0.384. The van der Waals surface area contributed by atoms with Crippen LogP contribution in [0, 0.1) is 10.1 Å². The molecule has 1 saturated heterocycles. The number of hydrogen-bond acceptors (Lipinski definition) is 4. The van der Waals surface area contributed by atoms with Gasteiger partial charge in [0.25, 0.3) is 5.69 Å². The highest BCUT2D eigenvalue weighted by Gasteiger charge is 2.20. The van der Waals surface area contributed by atoms with Crippen molar-refractivity contribution >= 4 is 34.9 Å². The molecule has 1 fully saturated rings. The van der Waals surface area contributed by atoms with Gasteiger partial charge in [-0.05, 0) is 12.5 Å². The Hall–Kier alpha value is -2.35. The van der Waals surface area contributed by atoms with E-state index in [0.29, 0.717) is 19.4 Å². The number of hydrogen-bond donors (Lipinski definition) is 3. The van der Waals surface area contributed by atoms with Crippen molar-refractivity contribution in [3.05, 3.63) is 33.3 Å². The van der Waals surface area contributed by atoms with E-state index >= 15 is 0 Å². The molecule has 8 nitrogen and oxygen atoms in total. The average Bonchev–Trinajstić information content (AvgIpc) is 2.43. The highest BCUT2D eigenvalue weighted by Crippen LogP contribution is 2.26. The summed E-state index contributed by atoms with van der Waals surface area (Å²) in [5, 5.41) is 18.5. The number of nitro benzene ring substituents is 1. The number of carbonyl (C=O) groups excluding carboxylic acids is 2. The number of nitrogens with one attached hydrogen (secondary N) is 3. The number of amides is 3. The van der Waals surface area contributed by atoms with Crippen LogP contribution in [0.3, 0.4) is 0 Å². The predicted molar refractivity (Wildman–Crippen MR) is 76.3 cm³/mol. The number of nitro groups is 1. The minimum atomic E-state index is -0.569. The first kappa shape index (κ1) is 15.0. The summed E-state index contributed by atoms with van der Waals surface area (Å²) in [5.41, 5.74) is 0.126. The molecule has 1 aromatic carbocycles. The molecule has 0 bridgehead atoms. The van der Waals surface area contributed by atoms with E-state index < -0.39 is 11.0 Å². The Morgan fingerprint density at radius 2 is 2.24 bits per heavy atom. The van der Waals surface area contributed by atoms with Gasteiger partial charge in [-0.3, -0.25) is 14.9 Å². The van der Waals surface area contributed by atoms with Crippen molar-refractivity contribution < 1.29 is 14.5 Å². The molecule has 3 amide bonds. The van der Waals surface area contributed by atoms with Gasteiger partial charge in [-0.15, -0.1) is 0 Å². The van der Waals surface area contributed by atoms with Crippen molar-refractivity contribution in [1.82, 2.24) is 10.6 Å². The van der Waals surface area contributed by atoms with E-state index in [0.717, 1.165) is 6.07 Å². The number of anilines is 1. The van der Waals surface area contributed by atoms with Crippen molar-refractivity contribution in [2.24, 2.45) is 0 Å². The second-order valence-corrected chi connectivity index (χ2v) is 4.97. The summed E-state index contributed by atoms with van der Waals surface area (Å²) in [5.74, 6) is -0.0353. The zero-order valence-electron chi connectivity index (χ0n) is 10.9. The maximum Gasteiger partial charge on any atom is 0.319 e. The monoisotopic (exact) mass is 312 g/mol. The maximum atomic E-state index is 11.8. The standard InChI is InChI=1S/C12H13ClN4O4/c13-9-5-8(17(20)21)2-3-10(9)16-12(19)15-7-1-4-11(18)14-6-7/h2-3,5,7H,1,4,6H2,(H,14,18)(H2,15,16,19)/t7-/m0/s1. The Morgan fingerprint density at radius 3 is 2.81 bits per heavy atom. The van der Waals surface area contributed by atoms with Gasteiger partial charge in [0.1, 0.15) is 0 Å². The van der Waals surface area contributed by atoms with Crippen LogP contribution in [-0.4, -0.2) is 29.4 Å². The fourth-order valence-corrected chi connectivity index (χ4v) is 2.14. The van der Waals surface area contributed by atoms with Crippen LogP contribution in [0.5, 0.6) is 0 Å². The normalized spacial score (nSPS) is 17.8. The van der Waals surface area contributed by atoms with Gasteiger partial charge in [-0.2, -0.15) is 0 Å². The summed E-state index contributed by atoms with van der Waals surface area (Å²) in [6.07, 6.45) is 0.927. The molecular weight excluding hydrogens is 300 g/mol. The molecule has 0 radical (unpaired) electrons. The molecule has 2 rings (SSSR count). The summed E-state index contributed by atoms with van der Waals surface area (Å²) in [4.78, 5) is 32.8. The molecular formula is C12H13ClN4O4. The Labute approximate surface area is 125 Å². The lowest BCUT2D eigenvalue weighted by atomic mass is 10.1. The Bertz CT molecular complexity index is 583. The van der Waals surface area contributed by atoms with E-state index in [9.17, 15) is 19.7 Å². The average molecular weight is 313 g/mol. The smallest absolute Gasteiger partial charge is 0.319 e. The van der Waals surface area contributed by atoms with Gasteiger partial charge in [0.15, 0.2) is 0 Å². The molecule has 0 aliphatic carbocycles. The number of piperidine rings is 1. The van der Waals surface area contributed by atoms with Gasteiger partial charge < -0.3 is 16.0 Å². The molecule has 1 atom stereocenters. The Kier molecular flexibility index (Phi) is 4.59. The second-order valence-electron chi connectivity index (χ2n) is 4.56. The molecule has 21 heavy (non-hydrogen) atoms. The lowest BCUT2D eigenvalue weighted by Gasteiger charge is -2.23. The van der Waals surface area contributed by atoms with Gasteiger partial charge in [-0.1, -0.05) is 11.6 Å². The van der Waals surface area contributed by atoms with Gasteiger partial charge >= 0.3 is 6.03 Å². The van der Waals surface area contributed by atoms with E-state index in [4.69, 9.17) is 11.6 Å². The van der Waals surface area contributed by atoms with E-state index in [2.05, 4.69) is 16.0 Å². The number of rotatable bonds is 3. The summed E-state index contributed by atoms with van der Waals surface area (Å²) >= 11 is 5.88. The summed E-state index contributed by atoms with van der Waals surface area (Å²) in [6, 6.07) is 3.15. The molecule has 112 valence electrons. The predicted octanol–water partition coefficient (Wildman–Crippen LogP) is 1.65. The van der Waals surface area contributed by atoms with Crippen LogP contribution in [0.15, 0.2) is 18.2 Å². The van der Waals surface area contributed by atoms with Crippen molar-refractivity contribution in [2.75, 3.05) is 11.9 Å². The Balaban J connectivity index is 1.93. The number of carbonyl (C=O) groups is 2. The highest BCUT2D eigenvalue weighted by molar-refractivity contribution is 6.33. The number of nitrogens with zero attached hydrogens (tertiary/aromatic N) is 1. The molecule has 0 spiro atoms. The zero-order valence-corrected chi connectivity index (χ0v) is 11.6. The molecule has 9 heteroatoms. The lowest BCUT2D eigenvalue weighted by Crippen LogP contribution is -2.48. The molecule has 1 heterocycles. The zero-order chi connectivity index (χ0) is 15.4. The third kappa shape index (κ3) is 4.06. The van der Waals surface area contributed by atoms with E-state index in [1.54, 1.807) is 0 Å². The van der Waals surface area contributed by atoms with Crippen molar-refractivity contribution in [3.8, 4) is 0 Å². The molecule has 3 N–H and O–H groups in total. The van der Waals surface area contributed by atoms with Crippen LogP contribution < -0.4 is 16.0 Å². The minimum Gasteiger partial charge on any atom is -0.354 e. The van der Waals surface area contributed by atoms with Gasteiger partial charge in [0.05, 0.1) is 15.6 Å². The van der Waals surface area contributed by atoms with Crippen LogP contribution in [0.25, 0.3) is 0 Å². The van der Waals surface area contributed by atoms with Crippen LogP contribution in [0.2, 0.25) is 5.02 Å². The van der Waals surface area contributed by atoms with Crippen LogP contribution in [0.1, 0.15) is 12.8 Å². The van der Waals surface area contributed by atoms with E-state index in [-0.39, 0.29) is 28.3 Å². The van der Waals surface area contributed by atoms with Crippen LogP contribution in [0.4, 0.5) is 16.2 Å². The minimum absolute atomic E-state index is 0.0353. The molecule has 1 aromatic rings.